The average molecular weight is 291 g/mol. The molecule has 0 aliphatic carbocycles. The van der Waals surface area contributed by atoms with Gasteiger partial charge in [-0.25, -0.2) is 0 Å². The predicted octanol–water partition coefficient (Wildman–Crippen LogP) is 0.572. The smallest absolute Gasteiger partial charge is 0.253 e. The molecule has 0 aromatic carbocycles. The molecule has 0 bridgehead atoms. The second-order valence-electron chi connectivity index (χ2n) is 2.66. The molecule has 0 fully saturated rings. The predicted molar refractivity (Wildman–Crippen MR) is 55.7 cm³/mol. The molecule has 5 nitrogen and oxygen atoms in total. The van der Waals surface area contributed by atoms with Crippen molar-refractivity contribution in [1.29, 1.82) is 0 Å². The van der Waals surface area contributed by atoms with Gasteiger partial charge in [-0.1, -0.05) is 0 Å². The van der Waals surface area contributed by atoms with Crippen LogP contribution in [0.5, 0.6) is 5.75 Å². The fourth-order valence-electron chi connectivity index (χ4n) is 1.21. The number of aryl methyl sites for hydroxylation is 1. The summed E-state index contributed by atoms with van der Waals surface area (Å²) >= 11 is 2.00. The number of H-pyrrole nitrogens is 1. The summed E-state index contributed by atoms with van der Waals surface area (Å²) in [4.78, 5) is 13.6. The molecule has 2 rings (SSSR count). The normalized spacial score (nSPS) is 10.9. The Bertz CT molecular complexity index is 528. The fourth-order valence-corrected chi connectivity index (χ4v) is 2.07. The van der Waals surface area contributed by atoms with Gasteiger partial charge in [0.15, 0.2) is 0 Å². The van der Waals surface area contributed by atoms with Gasteiger partial charge in [0.2, 0.25) is 0 Å². The van der Waals surface area contributed by atoms with Gasteiger partial charge in [0.25, 0.3) is 5.56 Å². The number of aromatic hydroxyl groups is 1. The number of aromatic nitrogens is 3. The lowest BCUT2D eigenvalue weighted by Gasteiger charge is -1.94. The summed E-state index contributed by atoms with van der Waals surface area (Å²) in [5.41, 5.74) is 0.207. The Morgan fingerprint density at radius 2 is 2.38 bits per heavy atom. The summed E-state index contributed by atoms with van der Waals surface area (Å²) in [7, 11) is 1.71. The van der Waals surface area contributed by atoms with Crippen molar-refractivity contribution in [2.75, 3.05) is 0 Å². The van der Waals surface area contributed by atoms with Gasteiger partial charge >= 0.3 is 0 Å². The van der Waals surface area contributed by atoms with Crippen molar-refractivity contribution in [3.8, 4) is 5.75 Å². The SMILES string of the molecule is Cn1nc(I)c2c(O)cc(=O)[nH]c21. The minimum Gasteiger partial charge on any atom is -0.507 e. The molecule has 0 unspecified atom stereocenters. The van der Waals surface area contributed by atoms with E-state index in [4.69, 9.17) is 0 Å². The molecule has 0 radical (unpaired) electrons. The third kappa shape index (κ3) is 1.21. The maximum absolute atomic E-state index is 11.0. The molecule has 2 heterocycles. The molecule has 0 saturated carbocycles. The first-order valence-corrected chi connectivity index (χ1v) is 4.62. The van der Waals surface area contributed by atoms with Gasteiger partial charge in [-0.2, -0.15) is 5.10 Å². The van der Waals surface area contributed by atoms with Gasteiger partial charge in [-0.15, -0.1) is 0 Å². The van der Waals surface area contributed by atoms with Crippen LogP contribution in [-0.2, 0) is 7.05 Å². The van der Waals surface area contributed by atoms with E-state index >= 15 is 0 Å². The first kappa shape index (κ1) is 8.54. The molecule has 0 spiro atoms. The highest BCUT2D eigenvalue weighted by Crippen LogP contribution is 2.24. The van der Waals surface area contributed by atoms with Crippen LogP contribution >= 0.6 is 22.6 Å². The van der Waals surface area contributed by atoms with Crippen LogP contribution in [0.1, 0.15) is 0 Å². The maximum atomic E-state index is 11.0. The second kappa shape index (κ2) is 2.72. The lowest BCUT2D eigenvalue weighted by molar-refractivity contribution is 0.480. The van der Waals surface area contributed by atoms with Crippen LogP contribution in [0.2, 0.25) is 0 Å². The van der Waals surface area contributed by atoms with Crippen LogP contribution in [0.3, 0.4) is 0 Å². The fraction of sp³-hybridized carbons (Fsp3) is 0.143. The second-order valence-corrected chi connectivity index (χ2v) is 3.68. The van der Waals surface area contributed by atoms with E-state index < -0.39 is 0 Å². The molecule has 13 heavy (non-hydrogen) atoms. The number of nitrogens with zero attached hydrogens (tertiary/aromatic N) is 2. The van der Waals surface area contributed by atoms with Gasteiger partial charge in [0.1, 0.15) is 15.1 Å². The Balaban J connectivity index is 3.06. The van der Waals surface area contributed by atoms with Crippen molar-refractivity contribution in [2.45, 2.75) is 0 Å². The highest BCUT2D eigenvalue weighted by atomic mass is 127. The zero-order valence-corrected chi connectivity index (χ0v) is 8.86. The summed E-state index contributed by atoms with van der Waals surface area (Å²) < 4.78 is 2.20. The minimum atomic E-state index is -0.329. The van der Waals surface area contributed by atoms with Crippen molar-refractivity contribution in [1.82, 2.24) is 14.8 Å². The zero-order valence-electron chi connectivity index (χ0n) is 6.71. The molecule has 6 heteroatoms. The van der Waals surface area contributed by atoms with Crippen molar-refractivity contribution in [3.63, 3.8) is 0 Å². The van der Waals surface area contributed by atoms with Gasteiger partial charge in [-0.3, -0.25) is 9.48 Å². The molecule has 0 saturated heterocycles. The van der Waals surface area contributed by atoms with Crippen molar-refractivity contribution < 1.29 is 5.11 Å². The van der Waals surface area contributed by atoms with Gasteiger partial charge in [0, 0.05) is 13.1 Å². The number of fused-ring (bicyclic) bond motifs is 1. The van der Waals surface area contributed by atoms with E-state index in [0.717, 1.165) is 6.07 Å². The topological polar surface area (TPSA) is 70.9 Å². The van der Waals surface area contributed by atoms with E-state index in [0.29, 0.717) is 14.7 Å². The average Bonchev–Trinajstić information content (AvgIpc) is 2.27. The van der Waals surface area contributed by atoms with E-state index in [1.807, 2.05) is 22.6 Å². The number of nitrogens with one attached hydrogen (secondary N) is 1. The Kier molecular flexibility index (Phi) is 1.79. The highest BCUT2D eigenvalue weighted by molar-refractivity contribution is 14.1. The Hall–Kier alpha value is -1.05. The van der Waals surface area contributed by atoms with E-state index in [1.54, 1.807) is 7.05 Å². The third-order valence-electron chi connectivity index (χ3n) is 1.77. The number of hydrogen-bond acceptors (Lipinski definition) is 3. The molecule has 68 valence electrons. The third-order valence-corrected chi connectivity index (χ3v) is 2.53. The molecule has 0 atom stereocenters. The Labute approximate surface area is 86.5 Å². The molecular formula is C7H6IN3O2. The summed E-state index contributed by atoms with van der Waals surface area (Å²) in [6.45, 7) is 0. The quantitative estimate of drug-likeness (QED) is 0.697. The van der Waals surface area contributed by atoms with Crippen LogP contribution in [0.15, 0.2) is 10.9 Å². The van der Waals surface area contributed by atoms with Crippen LogP contribution < -0.4 is 5.56 Å². The molecule has 0 aliphatic rings. The monoisotopic (exact) mass is 291 g/mol. The molecule has 0 amide bonds. The molecule has 2 aromatic rings. The Morgan fingerprint density at radius 1 is 1.69 bits per heavy atom. The van der Waals surface area contributed by atoms with E-state index in [2.05, 4.69) is 10.1 Å². The molecule has 2 aromatic heterocycles. The lowest BCUT2D eigenvalue weighted by Crippen LogP contribution is -2.05. The number of halogens is 1. The van der Waals surface area contributed by atoms with Crippen LogP contribution in [0.4, 0.5) is 0 Å². The van der Waals surface area contributed by atoms with Crippen molar-refractivity contribution in [3.05, 3.63) is 20.1 Å². The highest BCUT2D eigenvalue weighted by Gasteiger charge is 2.11. The van der Waals surface area contributed by atoms with Crippen LogP contribution in [0.25, 0.3) is 11.0 Å². The number of pyridine rings is 1. The summed E-state index contributed by atoms with van der Waals surface area (Å²) in [6, 6.07) is 1.15. The van der Waals surface area contributed by atoms with Crippen LogP contribution in [0, 0.1) is 3.70 Å². The standard InChI is InChI=1S/C7H6IN3O2/c1-11-7-5(6(8)10-11)3(12)2-4(13)9-7/h2H,1H3,(H2,9,12,13). The summed E-state index contributed by atoms with van der Waals surface area (Å²) in [6.07, 6.45) is 0. The first-order chi connectivity index (χ1) is 6.09. The largest absolute Gasteiger partial charge is 0.507 e. The van der Waals surface area contributed by atoms with E-state index in [9.17, 15) is 9.90 Å². The van der Waals surface area contributed by atoms with E-state index in [-0.39, 0.29) is 11.3 Å². The van der Waals surface area contributed by atoms with Gasteiger partial charge < -0.3 is 10.1 Å². The summed E-state index contributed by atoms with van der Waals surface area (Å²) in [5, 5.41) is 14.1. The zero-order chi connectivity index (χ0) is 9.59. The first-order valence-electron chi connectivity index (χ1n) is 3.54. The molecule has 0 aliphatic heterocycles. The van der Waals surface area contributed by atoms with Crippen LogP contribution in [-0.4, -0.2) is 19.9 Å². The van der Waals surface area contributed by atoms with Gasteiger partial charge in [-0.05, 0) is 22.6 Å². The van der Waals surface area contributed by atoms with Crippen molar-refractivity contribution in [2.24, 2.45) is 7.05 Å². The number of rotatable bonds is 0. The molecular weight excluding hydrogens is 285 g/mol. The lowest BCUT2D eigenvalue weighted by atomic mass is 10.3. The van der Waals surface area contributed by atoms with Crippen molar-refractivity contribution >= 4 is 33.6 Å². The maximum Gasteiger partial charge on any atom is 0.253 e. The Morgan fingerprint density at radius 3 is 3.08 bits per heavy atom. The minimum absolute atomic E-state index is 0.0312. The summed E-state index contributed by atoms with van der Waals surface area (Å²) in [5.74, 6) is -0.0312. The van der Waals surface area contributed by atoms with Gasteiger partial charge in [0.05, 0.1) is 5.39 Å². The van der Waals surface area contributed by atoms with E-state index in [1.165, 1.54) is 4.68 Å². The number of aromatic amines is 1. The number of hydrogen-bond donors (Lipinski definition) is 2. The molecule has 2 N–H and O–H groups in total.